The second-order valence-corrected chi connectivity index (χ2v) is 7.33. The van der Waals surface area contributed by atoms with Gasteiger partial charge in [0, 0.05) is 51.8 Å². The van der Waals surface area contributed by atoms with Crippen LogP contribution < -0.4 is 10.1 Å². The van der Waals surface area contributed by atoms with E-state index in [2.05, 4.69) is 26.2 Å². The minimum Gasteiger partial charge on any atom is -0.492 e. The molecule has 0 saturated carbocycles. The number of nitrogens with zero attached hydrogens (tertiary/aromatic N) is 3. The standard InChI is InChI=1S/C21H36N4O3.HI/c1-22-21(25-10-9-18(16-25)17-27-14-13-26-4)23-15-19-7-5-6-8-20(19)28-12-11-24(2)3;/h5-8,18H,9-17H2,1-4H3,(H,22,23);1H. The van der Waals surface area contributed by atoms with Gasteiger partial charge in [-0.1, -0.05) is 18.2 Å². The second-order valence-electron chi connectivity index (χ2n) is 7.33. The van der Waals surface area contributed by atoms with Crippen molar-refractivity contribution in [3.8, 4) is 5.75 Å². The highest BCUT2D eigenvalue weighted by Gasteiger charge is 2.25. The van der Waals surface area contributed by atoms with Gasteiger partial charge in [0.1, 0.15) is 12.4 Å². The summed E-state index contributed by atoms with van der Waals surface area (Å²) in [6, 6.07) is 8.18. The van der Waals surface area contributed by atoms with Gasteiger partial charge in [0.2, 0.25) is 0 Å². The van der Waals surface area contributed by atoms with Gasteiger partial charge in [-0.25, -0.2) is 0 Å². The van der Waals surface area contributed by atoms with Gasteiger partial charge < -0.3 is 29.3 Å². The number of aliphatic imine (C=N–C) groups is 1. The first-order valence-electron chi connectivity index (χ1n) is 10.0. The van der Waals surface area contributed by atoms with Crippen LogP contribution in [0.2, 0.25) is 0 Å². The Morgan fingerprint density at radius 2 is 2.03 bits per heavy atom. The SMILES string of the molecule is CN=C(NCc1ccccc1OCCN(C)C)N1CCC(COCCOC)C1.I. The number of guanidine groups is 1. The Morgan fingerprint density at radius 3 is 2.76 bits per heavy atom. The monoisotopic (exact) mass is 520 g/mol. The third-order valence-corrected chi connectivity index (χ3v) is 4.79. The molecule has 1 aromatic carbocycles. The average molecular weight is 520 g/mol. The molecule has 0 aromatic heterocycles. The highest BCUT2D eigenvalue weighted by molar-refractivity contribution is 14.0. The maximum atomic E-state index is 5.96. The summed E-state index contributed by atoms with van der Waals surface area (Å²) in [5.74, 6) is 2.40. The van der Waals surface area contributed by atoms with Crippen molar-refractivity contribution >= 4 is 29.9 Å². The molecule has 29 heavy (non-hydrogen) atoms. The molecule has 0 bridgehead atoms. The maximum Gasteiger partial charge on any atom is 0.193 e. The lowest BCUT2D eigenvalue weighted by Crippen LogP contribution is -2.40. The molecule has 1 aliphatic rings. The zero-order chi connectivity index (χ0) is 20.2. The topological polar surface area (TPSA) is 58.6 Å². The first-order valence-corrected chi connectivity index (χ1v) is 10.0. The molecule has 7 nitrogen and oxygen atoms in total. The molecule has 1 atom stereocenters. The summed E-state index contributed by atoms with van der Waals surface area (Å²) in [5, 5.41) is 3.49. The van der Waals surface area contributed by atoms with Gasteiger partial charge in [-0.05, 0) is 26.6 Å². The lowest BCUT2D eigenvalue weighted by molar-refractivity contribution is 0.0536. The van der Waals surface area contributed by atoms with E-state index in [4.69, 9.17) is 14.2 Å². The van der Waals surface area contributed by atoms with E-state index in [-0.39, 0.29) is 24.0 Å². The van der Waals surface area contributed by atoms with Crippen molar-refractivity contribution in [2.75, 3.05) is 74.3 Å². The lowest BCUT2D eigenvalue weighted by atomic mass is 10.1. The predicted octanol–water partition coefficient (Wildman–Crippen LogP) is 2.31. The van der Waals surface area contributed by atoms with Crippen LogP contribution in [0, 0.1) is 5.92 Å². The molecule has 0 radical (unpaired) electrons. The number of nitrogens with one attached hydrogen (secondary N) is 1. The minimum absolute atomic E-state index is 0. The molecule has 8 heteroatoms. The molecular weight excluding hydrogens is 483 g/mol. The number of rotatable bonds is 11. The highest BCUT2D eigenvalue weighted by atomic mass is 127. The van der Waals surface area contributed by atoms with E-state index in [0.717, 1.165) is 49.9 Å². The van der Waals surface area contributed by atoms with Crippen LogP contribution in [0.3, 0.4) is 0 Å². The van der Waals surface area contributed by atoms with Gasteiger partial charge in [-0.3, -0.25) is 4.99 Å². The van der Waals surface area contributed by atoms with Crippen LogP contribution in [0.15, 0.2) is 29.3 Å². The fourth-order valence-electron chi connectivity index (χ4n) is 3.19. The van der Waals surface area contributed by atoms with Gasteiger partial charge >= 0.3 is 0 Å². The molecule has 0 amide bonds. The Labute approximate surface area is 192 Å². The molecule has 1 aromatic rings. The van der Waals surface area contributed by atoms with Gasteiger partial charge in [-0.15, -0.1) is 24.0 Å². The van der Waals surface area contributed by atoms with Crippen LogP contribution in [0.5, 0.6) is 5.75 Å². The summed E-state index contributed by atoms with van der Waals surface area (Å²) in [6.07, 6.45) is 1.12. The second kappa shape index (κ2) is 14.8. The summed E-state index contributed by atoms with van der Waals surface area (Å²) >= 11 is 0. The number of methoxy groups -OCH3 is 1. The van der Waals surface area contributed by atoms with E-state index in [1.807, 2.05) is 39.3 Å². The fraction of sp³-hybridized carbons (Fsp3) is 0.667. The number of benzene rings is 1. The molecule has 1 aliphatic heterocycles. The van der Waals surface area contributed by atoms with Crippen molar-refractivity contribution in [1.82, 2.24) is 15.1 Å². The molecule has 1 fully saturated rings. The Morgan fingerprint density at radius 1 is 1.24 bits per heavy atom. The van der Waals surface area contributed by atoms with Crippen LogP contribution in [-0.4, -0.2) is 90.1 Å². The van der Waals surface area contributed by atoms with E-state index in [1.165, 1.54) is 0 Å². The summed E-state index contributed by atoms with van der Waals surface area (Å²) in [7, 11) is 7.63. The number of likely N-dealkylation sites (N-methyl/N-ethyl adjacent to an activating group) is 1. The lowest BCUT2D eigenvalue weighted by Gasteiger charge is -2.22. The molecule has 166 valence electrons. The van der Waals surface area contributed by atoms with Crippen LogP contribution in [-0.2, 0) is 16.0 Å². The Bertz CT molecular complexity index is 601. The summed E-state index contributed by atoms with van der Waals surface area (Å²) in [4.78, 5) is 8.89. The molecular formula is C21H37IN4O3. The smallest absolute Gasteiger partial charge is 0.193 e. The number of hydrogen-bond donors (Lipinski definition) is 1. The normalized spacial score (nSPS) is 16.8. The fourth-order valence-corrected chi connectivity index (χ4v) is 3.19. The minimum atomic E-state index is 0. The predicted molar refractivity (Wildman–Crippen MR) is 128 cm³/mol. The summed E-state index contributed by atoms with van der Waals surface area (Å²) in [5.41, 5.74) is 1.14. The number of para-hydroxylation sites is 1. The maximum absolute atomic E-state index is 5.96. The van der Waals surface area contributed by atoms with E-state index < -0.39 is 0 Å². The first-order chi connectivity index (χ1) is 13.6. The Hall–Kier alpha value is -1.10. The van der Waals surface area contributed by atoms with Crippen molar-refractivity contribution < 1.29 is 14.2 Å². The molecule has 1 heterocycles. The first kappa shape index (κ1) is 25.9. The molecule has 2 rings (SSSR count). The average Bonchev–Trinajstić information content (AvgIpc) is 3.15. The van der Waals surface area contributed by atoms with E-state index in [9.17, 15) is 0 Å². The molecule has 1 N–H and O–H groups in total. The van der Waals surface area contributed by atoms with Crippen LogP contribution in [0.1, 0.15) is 12.0 Å². The van der Waals surface area contributed by atoms with Crippen molar-refractivity contribution in [2.24, 2.45) is 10.9 Å². The molecule has 1 unspecified atom stereocenters. The van der Waals surface area contributed by atoms with E-state index in [1.54, 1.807) is 7.11 Å². The van der Waals surface area contributed by atoms with Gasteiger partial charge in [0.25, 0.3) is 0 Å². The van der Waals surface area contributed by atoms with E-state index >= 15 is 0 Å². The molecule has 0 aliphatic carbocycles. The largest absolute Gasteiger partial charge is 0.492 e. The molecule has 0 spiro atoms. The van der Waals surface area contributed by atoms with Crippen molar-refractivity contribution in [1.29, 1.82) is 0 Å². The number of ether oxygens (including phenoxy) is 3. The van der Waals surface area contributed by atoms with Crippen LogP contribution in [0.25, 0.3) is 0 Å². The summed E-state index contributed by atoms with van der Waals surface area (Å²) in [6.45, 7) is 6.31. The third kappa shape index (κ3) is 9.50. The quantitative estimate of drug-likeness (QED) is 0.209. The van der Waals surface area contributed by atoms with E-state index in [0.29, 0.717) is 32.3 Å². The van der Waals surface area contributed by atoms with Gasteiger partial charge in [0.05, 0.1) is 19.8 Å². The molecule has 1 saturated heterocycles. The van der Waals surface area contributed by atoms with Crippen molar-refractivity contribution in [3.63, 3.8) is 0 Å². The number of likely N-dealkylation sites (tertiary alicyclic amines) is 1. The highest BCUT2D eigenvalue weighted by Crippen LogP contribution is 2.19. The van der Waals surface area contributed by atoms with Gasteiger partial charge in [-0.2, -0.15) is 0 Å². The van der Waals surface area contributed by atoms with Crippen molar-refractivity contribution in [2.45, 2.75) is 13.0 Å². The van der Waals surface area contributed by atoms with Gasteiger partial charge in [0.15, 0.2) is 5.96 Å². The van der Waals surface area contributed by atoms with Crippen molar-refractivity contribution in [3.05, 3.63) is 29.8 Å². The van der Waals surface area contributed by atoms with Crippen LogP contribution in [0.4, 0.5) is 0 Å². The number of hydrogen-bond acceptors (Lipinski definition) is 5. The zero-order valence-corrected chi connectivity index (χ0v) is 20.6. The van der Waals surface area contributed by atoms with Crippen LogP contribution >= 0.6 is 24.0 Å². The Balaban J connectivity index is 0.00000420. The number of halogens is 1. The third-order valence-electron chi connectivity index (χ3n) is 4.79. The zero-order valence-electron chi connectivity index (χ0n) is 18.2. The summed E-state index contributed by atoms with van der Waals surface area (Å²) < 4.78 is 16.7. The Kier molecular flexibility index (Phi) is 13.2.